The number of nitrogens with one attached hydrogen (secondary N) is 2. The van der Waals surface area contributed by atoms with Crippen LogP contribution in [0.2, 0.25) is 0 Å². The van der Waals surface area contributed by atoms with Gasteiger partial charge in [-0.15, -0.1) is 0 Å². The largest absolute Gasteiger partial charge is 0.355 e. The van der Waals surface area contributed by atoms with E-state index in [0.717, 1.165) is 19.3 Å². The van der Waals surface area contributed by atoms with Crippen molar-refractivity contribution in [3.05, 3.63) is 0 Å². The molecular formula is C12H26N2O3S. The van der Waals surface area contributed by atoms with Crippen LogP contribution < -0.4 is 10.6 Å². The Morgan fingerprint density at radius 2 is 1.83 bits per heavy atom. The highest BCUT2D eigenvalue weighted by molar-refractivity contribution is 7.91. The Labute approximate surface area is 111 Å². The third-order valence-electron chi connectivity index (χ3n) is 2.78. The molecule has 0 heterocycles. The maximum atomic E-state index is 11.6. The summed E-state index contributed by atoms with van der Waals surface area (Å²) in [6.07, 6.45) is 3.22. The fourth-order valence-corrected chi connectivity index (χ4v) is 2.13. The van der Waals surface area contributed by atoms with Crippen LogP contribution in [0.3, 0.4) is 0 Å². The molecule has 0 radical (unpaired) electrons. The first kappa shape index (κ1) is 17.4. The van der Waals surface area contributed by atoms with E-state index in [9.17, 15) is 13.2 Å². The molecule has 1 atom stereocenters. The normalized spacial score (nSPS) is 13.3. The molecule has 0 aromatic carbocycles. The topological polar surface area (TPSA) is 75.3 Å². The first-order chi connectivity index (χ1) is 8.43. The molecule has 0 aliphatic carbocycles. The lowest BCUT2D eigenvalue weighted by Gasteiger charge is -2.13. The predicted molar refractivity (Wildman–Crippen MR) is 74.3 cm³/mol. The van der Waals surface area contributed by atoms with Crippen molar-refractivity contribution in [2.75, 3.05) is 24.6 Å². The van der Waals surface area contributed by atoms with Gasteiger partial charge in [0.25, 0.3) is 0 Å². The molecule has 6 heteroatoms. The van der Waals surface area contributed by atoms with Gasteiger partial charge >= 0.3 is 0 Å². The van der Waals surface area contributed by atoms with Crippen LogP contribution in [0.4, 0.5) is 0 Å². The number of hydrogen-bond donors (Lipinski definition) is 2. The molecule has 0 spiro atoms. The van der Waals surface area contributed by atoms with Gasteiger partial charge in [-0.25, -0.2) is 8.42 Å². The van der Waals surface area contributed by atoms with Crippen molar-refractivity contribution < 1.29 is 13.2 Å². The molecule has 1 amide bonds. The molecule has 0 aliphatic rings. The van der Waals surface area contributed by atoms with Gasteiger partial charge in [0.15, 0.2) is 9.84 Å². The number of rotatable bonds is 10. The van der Waals surface area contributed by atoms with Crippen LogP contribution in [-0.4, -0.2) is 45.0 Å². The minimum atomic E-state index is -2.96. The van der Waals surface area contributed by atoms with Gasteiger partial charge in [0.1, 0.15) is 0 Å². The highest BCUT2D eigenvalue weighted by atomic mass is 32.2. The van der Waals surface area contributed by atoms with Crippen molar-refractivity contribution in [2.24, 2.45) is 0 Å². The van der Waals surface area contributed by atoms with Gasteiger partial charge in [0, 0.05) is 18.8 Å². The van der Waals surface area contributed by atoms with Crippen LogP contribution in [0, 0.1) is 0 Å². The number of amides is 1. The third kappa shape index (κ3) is 8.47. The van der Waals surface area contributed by atoms with E-state index < -0.39 is 9.84 Å². The monoisotopic (exact) mass is 278 g/mol. The summed E-state index contributed by atoms with van der Waals surface area (Å²) < 4.78 is 22.5. The number of unbranched alkanes of at least 4 members (excludes halogenated alkanes) is 2. The van der Waals surface area contributed by atoms with Gasteiger partial charge in [0.2, 0.25) is 5.91 Å². The number of carbonyl (C=O) groups is 1. The Morgan fingerprint density at radius 3 is 2.39 bits per heavy atom. The summed E-state index contributed by atoms with van der Waals surface area (Å²) in [6, 6.07) is -0.348. The lowest BCUT2D eigenvalue weighted by Crippen LogP contribution is -2.44. The number of sulfone groups is 1. The molecule has 0 fully saturated rings. The summed E-state index contributed by atoms with van der Waals surface area (Å²) in [5.74, 6) is 0.156. The zero-order chi connectivity index (χ0) is 14.0. The quantitative estimate of drug-likeness (QED) is 0.577. The molecule has 5 nitrogen and oxygen atoms in total. The summed E-state index contributed by atoms with van der Waals surface area (Å²) in [6.45, 7) is 6.48. The highest BCUT2D eigenvalue weighted by Gasteiger charge is 2.13. The zero-order valence-corrected chi connectivity index (χ0v) is 12.5. The second-order valence-corrected chi connectivity index (χ2v) is 6.88. The molecular weight excluding hydrogens is 252 g/mol. The highest BCUT2D eigenvalue weighted by Crippen LogP contribution is 1.92. The van der Waals surface area contributed by atoms with Crippen LogP contribution in [0.25, 0.3) is 0 Å². The lowest BCUT2D eigenvalue weighted by molar-refractivity contribution is -0.122. The molecule has 1 unspecified atom stereocenters. The van der Waals surface area contributed by atoms with E-state index in [1.807, 2.05) is 0 Å². The van der Waals surface area contributed by atoms with Gasteiger partial charge in [0.05, 0.1) is 11.8 Å². The number of carbonyl (C=O) groups excluding carboxylic acids is 1. The molecule has 2 N–H and O–H groups in total. The van der Waals surface area contributed by atoms with Gasteiger partial charge in [-0.3, -0.25) is 4.79 Å². The van der Waals surface area contributed by atoms with Gasteiger partial charge in [-0.1, -0.05) is 26.7 Å². The molecule has 0 rings (SSSR count). The Morgan fingerprint density at radius 1 is 1.17 bits per heavy atom. The van der Waals surface area contributed by atoms with E-state index in [4.69, 9.17) is 0 Å². The molecule has 0 aromatic heterocycles. The zero-order valence-electron chi connectivity index (χ0n) is 11.7. The second kappa shape index (κ2) is 9.33. The second-order valence-electron chi connectivity index (χ2n) is 4.41. The predicted octanol–water partition coefficient (Wildman–Crippen LogP) is 0.706. The van der Waals surface area contributed by atoms with E-state index >= 15 is 0 Å². The SMILES string of the molecule is CCCCCNC(=O)C(C)NCCS(=O)(=O)CC. The Bertz CT molecular complexity index is 328. The average Bonchev–Trinajstić information content (AvgIpc) is 2.34. The van der Waals surface area contributed by atoms with Crippen molar-refractivity contribution in [2.45, 2.75) is 46.1 Å². The molecule has 0 bridgehead atoms. The first-order valence-electron chi connectivity index (χ1n) is 6.64. The van der Waals surface area contributed by atoms with Gasteiger partial charge < -0.3 is 10.6 Å². The molecule has 0 saturated carbocycles. The van der Waals surface area contributed by atoms with Gasteiger partial charge in [-0.05, 0) is 13.3 Å². The van der Waals surface area contributed by atoms with Crippen molar-refractivity contribution in [3.8, 4) is 0 Å². The van der Waals surface area contributed by atoms with Crippen LogP contribution in [-0.2, 0) is 14.6 Å². The first-order valence-corrected chi connectivity index (χ1v) is 8.46. The van der Waals surface area contributed by atoms with E-state index in [-0.39, 0.29) is 23.5 Å². The standard InChI is InChI=1S/C12H26N2O3S/c1-4-6-7-8-14-12(15)11(3)13-9-10-18(16,17)5-2/h11,13H,4-10H2,1-3H3,(H,14,15). The smallest absolute Gasteiger partial charge is 0.236 e. The maximum absolute atomic E-state index is 11.6. The molecule has 18 heavy (non-hydrogen) atoms. The molecule has 108 valence electrons. The summed E-state index contributed by atoms with van der Waals surface area (Å²) in [5, 5.41) is 5.75. The van der Waals surface area contributed by atoms with Crippen LogP contribution in [0.1, 0.15) is 40.0 Å². The van der Waals surface area contributed by atoms with E-state index in [2.05, 4.69) is 17.6 Å². The van der Waals surface area contributed by atoms with Gasteiger partial charge in [-0.2, -0.15) is 0 Å². The van der Waals surface area contributed by atoms with Crippen molar-refractivity contribution in [1.82, 2.24) is 10.6 Å². The Balaban J connectivity index is 3.74. The van der Waals surface area contributed by atoms with Crippen molar-refractivity contribution >= 4 is 15.7 Å². The number of hydrogen-bond acceptors (Lipinski definition) is 4. The minimum absolute atomic E-state index is 0.0694. The summed E-state index contributed by atoms with van der Waals surface area (Å²) in [5.41, 5.74) is 0. The summed E-state index contributed by atoms with van der Waals surface area (Å²) >= 11 is 0. The molecule has 0 aromatic rings. The van der Waals surface area contributed by atoms with E-state index in [1.165, 1.54) is 0 Å². The minimum Gasteiger partial charge on any atom is -0.355 e. The maximum Gasteiger partial charge on any atom is 0.236 e. The van der Waals surface area contributed by atoms with E-state index in [0.29, 0.717) is 13.1 Å². The molecule has 0 aliphatic heterocycles. The average molecular weight is 278 g/mol. The van der Waals surface area contributed by atoms with Crippen molar-refractivity contribution in [1.29, 1.82) is 0 Å². The third-order valence-corrected chi connectivity index (χ3v) is 4.48. The molecule has 0 saturated heterocycles. The lowest BCUT2D eigenvalue weighted by atomic mass is 10.2. The summed E-state index contributed by atoms with van der Waals surface area (Å²) in [7, 11) is -2.96. The van der Waals surface area contributed by atoms with E-state index in [1.54, 1.807) is 13.8 Å². The fraction of sp³-hybridized carbons (Fsp3) is 0.917. The Kier molecular flexibility index (Phi) is 9.01. The van der Waals surface area contributed by atoms with Crippen LogP contribution >= 0.6 is 0 Å². The van der Waals surface area contributed by atoms with Crippen LogP contribution in [0.15, 0.2) is 0 Å². The van der Waals surface area contributed by atoms with Crippen LogP contribution in [0.5, 0.6) is 0 Å². The van der Waals surface area contributed by atoms with Crippen molar-refractivity contribution in [3.63, 3.8) is 0 Å². The summed E-state index contributed by atoms with van der Waals surface area (Å²) in [4.78, 5) is 11.6. The fourth-order valence-electron chi connectivity index (χ4n) is 1.41. The Hall–Kier alpha value is -0.620.